The van der Waals surface area contributed by atoms with Crippen LogP contribution in [0.25, 0.3) is 22.3 Å². The van der Waals surface area contributed by atoms with Crippen molar-refractivity contribution < 1.29 is 22.8 Å². The smallest absolute Gasteiger partial charge is 0.264 e. The molecule has 1 saturated heterocycles. The average Bonchev–Trinajstić information content (AvgIpc) is 3.29. The Hall–Kier alpha value is -2.89. The van der Waals surface area contributed by atoms with Crippen LogP contribution in [0.1, 0.15) is 32.6 Å². The van der Waals surface area contributed by atoms with Crippen molar-refractivity contribution in [2.45, 2.75) is 50.2 Å². The van der Waals surface area contributed by atoms with Crippen LogP contribution in [0.2, 0.25) is 0 Å². The van der Waals surface area contributed by atoms with E-state index in [0.29, 0.717) is 18.7 Å². The number of nitrogens with one attached hydrogen (secondary N) is 1. The second-order valence-electron chi connectivity index (χ2n) is 8.33. The third-order valence-electron chi connectivity index (χ3n) is 5.92. The molecule has 3 heterocycles. The minimum absolute atomic E-state index is 0.0110. The molecule has 1 aliphatic heterocycles. The number of para-hydroxylation sites is 2. The van der Waals surface area contributed by atoms with Gasteiger partial charge in [0.2, 0.25) is 0 Å². The summed E-state index contributed by atoms with van der Waals surface area (Å²) in [7, 11) is -3.75. The van der Waals surface area contributed by atoms with Crippen LogP contribution in [0.3, 0.4) is 0 Å². The molecule has 1 aromatic carbocycles. The number of nitrogens with zero attached hydrogens (tertiary/aromatic N) is 4. The zero-order chi connectivity index (χ0) is 23.5. The highest BCUT2D eigenvalue weighted by Crippen LogP contribution is 2.24. The number of ether oxygens (including phenoxy) is 1. The van der Waals surface area contributed by atoms with Gasteiger partial charge in [0.15, 0.2) is 20.9 Å². The molecule has 2 atom stereocenters. The highest BCUT2D eigenvalue weighted by Gasteiger charge is 2.44. The number of carbonyl (C=O) groups is 1. The van der Waals surface area contributed by atoms with Gasteiger partial charge in [0.1, 0.15) is 0 Å². The first-order valence-electron chi connectivity index (χ1n) is 10.8. The number of hydrogen-bond donors (Lipinski definition) is 1. The molecule has 1 unspecified atom stereocenters. The minimum atomic E-state index is -3.75. The van der Waals surface area contributed by atoms with Crippen LogP contribution < -0.4 is 5.48 Å². The van der Waals surface area contributed by atoms with Gasteiger partial charge in [0.05, 0.1) is 29.1 Å². The minimum Gasteiger partial charge on any atom is -0.350 e. The van der Waals surface area contributed by atoms with E-state index in [1.54, 1.807) is 23.3 Å². The van der Waals surface area contributed by atoms with Gasteiger partial charge in [0.25, 0.3) is 5.91 Å². The summed E-state index contributed by atoms with van der Waals surface area (Å²) in [6.07, 6.45) is 8.06. The number of benzene rings is 1. The van der Waals surface area contributed by atoms with E-state index in [1.165, 1.54) is 6.92 Å². The molecule has 2 aromatic heterocycles. The summed E-state index contributed by atoms with van der Waals surface area (Å²) in [6.45, 7) is 2.15. The van der Waals surface area contributed by atoms with Crippen molar-refractivity contribution in [2.75, 3.05) is 12.9 Å². The van der Waals surface area contributed by atoms with Crippen LogP contribution >= 0.6 is 0 Å². The Morgan fingerprint density at radius 3 is 2.79 bits per heavy atom. The van der Waals surface area contributed by atoms with Gasteiger partial charge in [-0.2, -0.15) is 5.10 Å². The van der Waals surface area contributed by atoms with Gasteiger partial charge in [-0.05, 0) is 38.3 Å². The lowest BCUT2D eigenvalue weighted by atomic mass is 10.1. The van der Waals surface area contributed by atoms with Crippen molar-refractivity contribution in [1.29, 1.82) is 0 Å². The summed E-state index contributed by atoms with van der Waals surface area (Å²) in [5.74, 6) is -0.730. The van der Waals surface area contributed by atoms with Crippen molar-refractivity contribution in [3.63, 3.8) is 0 Å². The molecule has 11 heteroatoms. The monoisotopic (exact) mass is 473 g/mol. The van der Waals surface area contributed by atoms with Crippen molar-refractivity contribution in [1.82, 2.24) is 25.2 Å². The van der Waals surface area contributed by atoms with Crippen LogP contribution in [0.4, 0.5) is 0 Å². The third kappa shape index (κ3) is 5.21. The maximum atomic E-state index is 12.8. The molecule has 10 nitrogen and oxygen atoms in total. The van der Waals surface area contributed by atoms with Crippen LogP contribution in [-0.2, 0) is 30.8 Å². The Balaban J connectivity index is 1.44. The standard InChI is InChI=1S/C22H27N5O5S/c1-22(33(2,29)30,21(28)26-32-20-9-5-6-12-31-20)10-11-27-15-16(13-24-27)19-14-23-17-7-3-4-8-18(17)25-19/h3-4,7-8,13-15,20H,5-6,9-12H2,1-2H3,(H,26,28)/t20?,22-/m1/s1. The van der Waals surface area contributed by atoms with Gasteiger partial charge in [-0.3, -0.25) is 14.5 Å². The van der Waals surface area contributed by atoms with Gasteiger partial charge in [0, 0.05) is 37.6 Å². The summed E-state index contributed by atoms with van der Waals surface area (Å²) in [6, 6.07) is 7.56. The first-order valence-corrected chi connectivity index (χ1v) is 12.7. The Labute approximate surface area is 192 Å². The fourth-order valence-corrected chi connectivity index (χ4v) is 4.38. The van der Waals surface area contributed by atoms with Gasteiger partial charge in [-0.15, -0.1) is 0 Å². The molecule has 176 valence electrons. The molecule has 1 fully saturated rings. The maximum absolute atomic E-state index is 12.8. The van der Waals surface area contributed by atoms with E-state index in [9.17, 15) is 13.2 Å². The number of fused-ring (bicyclic) bond motifs is 1. The maximum Gasteiger partial charge on any atom is 0.264 e. The van der Waals surface area contributed by atoms with E-state index < -0.39 is 26.8 Å². The normalized spacial score (nSPS) is 18.7. The SMILES string of the molecule is C[C@@](CCn1cc(-c2cnc3ccccc3n2)cn1)(C(=O)NOC1CCCCO1)S(C)(=O)=O. The Bertz CT molecular complexity index is 1240. The van der Waals surface area contributed by atoms with Crippen LogP contribution in [0, 0.1) is 0 Å². The van der Waals surface area contributed by atoms with E-state index in [1.807, 2.05) is 24.3 Å². The zero-order valence-corrected chi connectivity index (χ0v) is 19.4. The average molecular weight is 474 g/mol. The van der Waals surface area contributed by atoms with Gasteiger partial charge < -0.3 is 4.74 Å². The lowest BCUT2D eigenvalue weighted by Gasteiger charge is -2.28. The highest BCUT2D eigenvalue weighted by atomic mass is 32.2. The number of amides is 1. The van der Waals surface area contributed by atoms with Crippen molar-refractivity contribution in [2.24, 2.45) is 0 Å². The summed E-state index contributed by atoms with van der Waals surface area (Å²) in [5, 5.41) is 4.31. The lowest BCUT2D eigenvalue weighted by Crippen LogP contribution is -2.51. The molecule has 1 N–H and O–H groups in total. The molecule has 1 aliphatic rings. The molecule has 33 heavy (non-hydrogen) atoms. The molecule has 0 spiro atoms. The molecule has 3 aromatic rings. The molecule has 4 rings (SSSR count). The first-order chi connectivity index (χ1) is 15.8. The summed E-state index contributed by atoms with van der Waals surface area (Å²) >= 11 is 0. The van der Waals surface area contributed by atoms with Crippen LogP contribution in [0.5, 0.6) is 0 Å². The topological polar surface area (TPSA) is 125 Å². The Kier molecular flexibility index (Phi) is 6.73. The van der Waals surface area contributed by atoms with Gasteiger partial charge in [-0.1, -0.05) is 12.1 Å². The fraction of sp³-hybridized carbons (Fsp3) is 0.455. The number of rotatable bonds is 8. The van der Waals surface area contributed by atoms with Crippen molar-refractivity contribution in [3.8, 4) is 11.3 Å². The first kappa shape index (κ1) is 23.3. The molecule has 0 bridgehead atoms. The Morgan fingerprint density at radius 1 is 1.27 bits per heavy atom. The summed E-state index contributed by atoms with van der Waals surface area (Å²) in [4.78, 5) is 27.1. The lowest BCUT2D eigenvalue weighted by molar-refractivity contribution is -0.201. The molecule has 0 radical (unpaired) electrons. The molecule has 0 aliphatic carbocycles. The zero-order valence-electron chi connectivity index (χ0n) is 18.6. The number of hydrogen-bond acceptors (Lipinski definition) is 8. The van der Waals surface area contributed by atoms with E-state index in [4.69, 9.17) is 9.57 Å². The number of aromatic nitrogens is 4. The summed E-state index contributed by atoms with van der Waals surface area (Å²) in [5.41, 5.74) is 5.26. The number of sulfone groups is 1. The number of carbonyl (C=O) groups excluding carboxylic acids is 1. The second-order valence-corrected chi connectivity index (χ2v) is 10.8. The molecular formula is C22H27N5O5S. The third-order valence-corrected chi connectivity index (χ3v) is 7.94. The van der Waals surface area contributed by atoms with E-state index in [2.05, 4.69) is 20.5 Å². The number of aryl methyl sites for hydroxylation is 1. The predicted octanol–water partition coefficient (Wildman–Crippen LogP) is 2.26. The van der Waals surface area contributed by atoms with Crippen molar-refractivity contribution in [3.05, 3.63) is 42.9 Å². The fourth-order valence-electron chi connectivity index (χ4n) is 3.54. The molecule has 1 amide bonds. The number of hydroxylamine groups is 1. The molecule has 0 saturated carbocycles. The summed E-state index contributed by atoms with van der Waals surface area (Å²) < 4.78 is 30.4. The predicted molar refractivity (Wildman–Crippen MR) is 121 cm³/mol. The van der Waals surface area contributed by atoms with Crippen LogP contribution in [-0.4, -0.2) is 58.0 Å². The second kappa shape index (κ2) is 9.54. The van der Waals surface area contributed by atoms with Crippen molar-refractivity contribution >= 4 is 26.8 Å². The van der Waals surface area contributed by atoms with Crippen LogP contribution in [0.15, 0.2) is 42.9 Å². The quantitative estimate of drug-likeness (QED) is 0.494. The van der Waals surface area contributed by atoms with Gasteiger partial charge >= 0.3 is 0 Å². The van der Waals surface area contributed by atoms with Gasteiger partial charge in [-0.25, -0.2) is 23.7 Å². The Morgan fingerprint density at radius 2 is 2.06 bits per heavy atom. The molecular weight excluding hydrogens is 446 g/mol. The highest BCUT2D eigenvalue weighted by molar-refractivity contribution is 7.92. The largest absolute Gasteiger partial charge is 0.350 e. The van der Waals surface area contributed by atoms with E-state index in [0.717, 1.165) is 35.7 Å². The van der Waals surface area contributed by atoms with E-state index in [-0.39, 0.29) is 13.0 Å². The van der Waals surface area contributed by atoms with E-state index >= 15 is 0 Å².